The number of carbonyl (C=O) groups excluding carboxylic acids is 1. The van der Waals surface area contributed by atoms with E-state index in [0.29, 0.717) is 4.88 Å². The van der Waals surface area contributed by atoms with Crippen molar-refractivity contribution in [2.45, 2.75) is 0 Å². The number of thiophene rings is 1. The summed E-state index contributed by atoms with van der Waals surface area (Å²) in [5.74, 6) is -0.971. The number of benzene rings is 1. The van der Waals surface area contributed by atoms with Gasteiger partial charge in [-0.2, -0.15) is 0 Å². The van der Waals surface area contributed by atoms with E-state index in [2.05, 4.69) is 0 Å². The number of fused-ring (bicyclic) bond motifs is 1. The van der Waals surface area contributed by atoms with Crippen LogP contribution in [-0.2, 0) is 0 Å². The molecule has 2 N–H and O–H groups in total. The zero-order valence-corrected chi connectivity index (χ0v) is 10.0. The molecule has 0 spiro atoms. The third-order valence-corrected chi connectivity index (χ3v) is 3.78. The minimum Gasteiger partial charge on any atom is -0.494 e. The van der Waals surface area contributed by atoms with Crippen LogP contribution in [-0.4, -0.2) is 20.7 Å². The van der Waals surface area contributed by atoms with Gasteiger partial charge in [-0.15, -0.1) is 11.3 Å². The van der Waals surface area contributed by atoms with Gasteiger partial charge >= 0.3 is 0 Å². The van der Waals surface area contributed by atoms with Gasteiger partial charge in [0.15, 0.2) is 0 Å². The summed E-state index contributed by atoms with van der Waals surface area (Å²) < 4.78 is 1.87. The average Bonchev–Trinajstić information content (AvgIpc) is 2.92. The first-order chi connectivity index (χ1) is 8.66. The highest BCUT2D eigenvalue weighted by Crippen LogP contribution is 2.29. The van der Waals surface area contributed by atoms with Crippen LogP contribution in [0.3, 0.4) is 0 Å². The molecule has 3 aromatic rings. The number of carbonyl (C=O) groups is 1. The zero-order chi connectivity index (χ0) is 12.7. The topological polar surface area (TPSA) is 62.5 Å². The third kappa shape index (κ3) is 1.56. The van der Waals surface area contributed by atoms with Crippen LogP contribution < -0.4 is 0 Å². The van der Waals surface area contributed by atoms with Gasteiger partial charge in [-0.3, -0.25) is 4.79 Å². The Kier molecular flexibility index (Phi) is 2.34. The first-order valence-electron chi connectivity index (χ1n) is 5.30. The van der Waals surface area contributed by atoms with E-state index in [1.165, 1.54) is 23.5 Å². The lowest BCUT2D eigenvalue weighted by molar-refractivity contribution is 0.0946. The van der Waals surface area contributed by atoms with Gasteiger partial charge in [0.2, 0.25) is 11.8 Å². The molecule has 0 aliphatic rings. The molecular weight excluding hydrogens is 250 g/mol. The van der Waals surface area contributed by atoms with Gasteiger partial charge in [0.25, 0.3) is 5.91 Å². The molecule has 18 heavy (non-hydrogen) atoms. The molecule has 2 heterocycles. The molecule has 0 saturated heterocycles. The maximum Gasteiger partial charge on any atom is 0.277 e. The van der Waals surface area contributed by atoms with Crippen molar-refractivity contribution < 1.29 is 15.0 Å². The van der Waals surface area contributed by atoms with E-state index >= 15 is 0 Å². The number of rotatable bonds is 1. The third-order valence-electron chi connectivity index (χ3n) is 2.68. The summed E-state index contributed by atoms with van der Waals surface area (Å²) in [5, 5.41) is 20.0. The summed E-state index contributed by atoms with van der Waals surface area (Å²) in [7, 11) is 0. The maximum atomic E-state index is 12.2. The van der Waals surface area contributed by atoms with Crippen molar-refractivity contribution in [1.82, 2.24) is 4.57 Å². The predicted octanol–water partition coefficient (Wildman–Crippen LogP) is 2.80. The van der Waals surface area contributed by atoms with Gasteiger partial charge in [0.1, 0.15) is 0 Å². The molecule has 0 unspecified atom stereocenters. The number of aromatic nitrogens is 1. The van der Waals surface area contributed by atoms with Gasteiger partial charge in [-0.1, -0.05) is 18.2 Å². The molecule has 1 aromatic carbocycles. The van der Waals surface area contributed by atoms with Crippen molar-refractivity contribution >= 4 is 27.3 Å². The van der Waals surface area contributed by atoms with Crippen molar-refractivity contribution in [3.05, 3.63) is 47.3 Å². The highest BCUT2D eigenvalue weighted by molar-refractivity contribution is 7.20. The van der Waals surface area contributed by atoms with Crippen LogP contribution in [0.4, 0.5) is 0 Å². The Balaban J connectivity index is 2.12. The highest BCUT2D eigenvalue weighted by atomic mass is 32.1. The molecule has 2 aromatic heterocycles. The predicted molar refractivity (Wildman–Crippen MR) is 69.3 cm³/mol. The van der Waals surface area contributed by atoms with Gasteiger partial charge < -0.3 is 10.2 Å². The summed E-state index contributed by atoms with van der Waals surface area (Å²) >= 11 is 1.33. The van der Waals surface area contributed by atoms with Gasteiger partial charge in [0.05, 0.1) is 4.88 Å². The fraction of sp³-hybridized carbons (Fsp3) is 0. The summed E-state index contributed by atoms with van der Waals surface area (Å²) in [6, 6.07) is 11.9. The van der Waals surface area contributed by atoms with Crippen LogP contribution in [0.15, 0.2) is 42.5 Å². The summed E-state index contributed by atoms with van der Waals surface area (Å²) in [6.45, 7) is 0. The van der Waals surface area contributed by atoms with E-state index in [-0.39, 0.29) is 11.8 Å². The van der Waals surface area contributed by atoms with Crippen molar-refractivity contribution in [2.75, 3.05) is 0 Å². The fourth-order valence-electron chi connectivity index (χ4n) is 1.82. The Morgan fingerprint density at radius 1 is 1.06 bits per heavy atom. The second-order valence-corrected chi connectivity index (χ2v) is 4.92. The Labute approximate surface area is 106 Å². The van der Waals surface area contributed by atoms with Crippen LogP contribution in [0.5, 0.6) is 11.8 Å². The largest absolute Gasteiger partial charge is 0.494 e. The molecule has 0 atom stereocenters. The molecule has 0 aliphatic heterocycles. The molecule has 0 aliphatic carbocycles. The van der Waals surface area contributed by atoms with Gasteiger partial charge in [-0.25, -0.2) is 4.57 Å². The SMILES string of the molecule is O=C(c1cc2ccccc2s1)n1c(O)ccc1O. The van der Waals surface area contributed by atoms with Crippen LogP contribution in [0.2, 0.25) is 0 Å². The van der Waals surface area contributed by atoms with Gasteiger partial charge in [-0.05, 0) is 17.5 Å². The molecular formula is C13H9NO3S. The molecule has 5 heteroatoms. The quantitative estimate of drug-likeness (QED) is 0.706. The van der Waals surface area contributed by atoms with Crippen LogP contribution in [0.1, 0.15) is 9.67 Å². The smallest absolute Gasteiger partial charge is 0.277 e. The minimum atomic E-state index is -0.434. The number of hydrogen-bond donors (Lipinski definition) is 2. The monoisotopic (exact) mass is 259 g/mol. The first-order valence-corrected chi connectivity index (χ1v) is 6.11. The van der Waals surface area contributed by atoms with E-state index in [0.717, 1.165) is 14.7 Å². The first kappa shape index (κ1) is 10.9. The van der Waals surface area contributed by atoms with E-state index in [4.69, 9.17) is 0 Å². The molecule has 0 bridgehead atoms. The molecule has 0 fully saturated rings. The summed E-state index contributed by atoms with van der Waals surface area (Å²) in [4.78, 5) is 12.6. The molecule has 90 valence electrons. The molecule has 3 rings (SSSR count). The second kappa shape index (κ2) is 3.89. The minimum absolute atomic E-state index is 0.269. The lowest BCUT2D eigenvalue weighted by atomic mass is 10.2. The van der Waals surface area contributed by atoms with Gasteiger partial charge in [0, 0.05) is 16.8 Å². The van der Waals surface area contributed by atoms with Crippen molar-refractivity contribution in [2.24, 2.45) is 0 Å². The normalized spacial score (nSPS) is 10.9. The Bertz CT molecular complexity index is 689. The fourth-order valence-corrected chi connectivity index (χ4v) is 2.81. The lowest BCUT2D eigenvalue weighted by Crippen LogP contribution is -2.08. The number of aromatic hydroxyl groups is 2. The molecule has 0 radical (unpaired) electrons. The molecule has 4 nitrogen and oxygen atoms in total. The zero-order valence-electron chi connectivity index (χ0n) is 9.20. The lowest BCUT2D eigenvalue weighted by Gasteiger charge is -2.02. The Hall–Kier alpha value is -2.27. The number of hydrogen-bond acceptors (Lipinski definition) is 4. The second-order valence-electron chi connectivity index (χ2n) is 3.84. The van der Waals surface area contributed by atoms with Crippen molar-refractivity contribution in [3.8, 4) is 11.8 Å². The molecule has 0 saturated carbocycles. The van der Waals surface area contributed by atoms with E-state index in [1.807, 2.05) is 24.3 Å². The Morgan fingerprint density at radius 3 is 2.39 bits per heavy atom. The van der Waals surface area contributed by atoms with E-state index in [1.54, 1.807) is 6.07 Å². The van der Waals surface area contributed by atoms with Crippen LogP contribution >= 0.6 is 11.3 Å². The molecule has 0 amide bonds. The van der Waals surface area contributed by atoms with Crippen LogP contribution in [0.25, 0.3) is 10.1 Å². The van der Waals surface area contributed by atoms with Crippen molar-refractivity contribution in [3.63, 3.8) is 0 Å². The standard InChI is InChI=1S/C13H9NO3S/c15-11-5-6-12(16)14(11)13(17)10-7-8-3-1-2-4-9(8)18-10/h1-7,15-16H. The van der Waals surface area contributed by atoms with Crippen LogP contribution in [0, 0.1) is 0 Å². The Morgan fingerprint density at radius 2 is 1.72 bits per heavy atom. The van der Waals surface area contributed by atoms with Crippen molar-refractivity contribution in [1.29, 1.82) is 0 Å². The van der Waals surface area contributed by atoms with E-state index < -0.39 is 5.91 Å². The average molecular weight is 259 g/mol. The summed E-state index contributed by atoms with van der Waals surface area (Å²) in [6.07, 6.45) is 0. The maximum absolute atomic E-state index is 12.2. The number of nitrogens with zero attached hydrogens (tertiary/aromatic N) is 1. The summed E-state index contributed by atoms with van der Waals surface area (Å²) in [5.41, 5.74) is 0. The van der Waals surface area contributed by atoms with E-state index in [9.17, 15) is 15.0 Å². The highest BCUT2D eigenvalue weighted by Gasteiger charge is 2.18.